The van der Waals surface area contributed by atoms with E-state index in [4.69, 9.17) is 5.11 Å². The maximum absolute atomic E-state index is 12.6. The lowest BCUT2D eigenvalue weighted by Crippen LogP contribution is -2.45. The third-order valence-corrected chi connectivity index (χ3v) is 4.05. The first-order valence-electron chi connectivity index (χ1n) is 7.39. The van der Waals surface area contributed by atoms with E-state index in [-0.39, 0.29) is 24.2 Å². The molecule has 1 unspecified atom stereocenters. The molecule has 21 heavy (non-hydrogen) atoms. The van der Waals surface area contributed by atoms with Crippen LogP contribution in [0.25, 0.3) is 0 Å². The van der Waals surface area contributed by atoms with E-state index in [2.05, 4.69) is 18.9 Å². The molecule has 6 nitrogen and oxygen atoms in total. The summed E-state index contributed by atoms with van der Waals surface area (Å²) in [6.07, 6.45) is 3.51. The molecule has 1 fully saturated rings. The third-order valence-electron chi connectivity index (χ3n) is 4.05. The van der Waals surface area contributed by atoms with Gasteiger partial charge in [-0.3, -0.25) is 4.79 Å². The van der Waals surface area contributed by atoms with Crippen molar-refractivity contribution in [2.24, 2.45) is 0 Å². The number of carboxylic acids is 1. The van der Waals surface area contributed by atoms with Gasteiger partial charge >= 0.3 is 5.97 Å². The van der Waals surface area contributed by atoms with Crippen LogP contribution in [0.3, 0.4) is 0 Å². The average molecular weight is 293 g/mol. The first-order chi connectivity index (χ1) is 10.0. The molecule has 0 aromatic carbocycles. The van der Waals surface area contributed by atoms with Gasteiger partial charge in [0.2, 0.25) is 5.91 Å². The standard InChI is InChI=1S/C15H23N3O3/c1-3-12-10-16(2)7-5-9-18(12)14(19)11-17-8-4-6-13(17)15(20)21/h4,6,8,12H,3,5,7,9-11H2,1-2H3,(H,20,21). The number of likely N-dealkylation sites (N-methyl/N-ethyl adjacent to an activating group) is 1. The van der Waals surface area contributed by atoms with Gasteiger partial charge < -0.3 is 19.5 Å². The monoisotopic (exact) mass is 293 g/mol. The van der Waals surface area contributed by atoms with Gasteiger partial charge in [-0.25, -0.2) is 4.79 Å². The Hall–Kier alpha value is -1.82. The van der Waals surface area contributed by atoms with Gasteiger partial charge in [0.25, 0.3) is 0 Å². The molecule has 1 aliphatic heterocycles. The lowest BCUT2D eigenvalue weighted by atomic mass is 10.2. The van der Waals surface area contributed by atoms with Crippen molar-refractivity contribution < 1.29 is 14.7 Å². The summed E-state index contributed by atoms with van der Waals surface area (Å²) in [4.78, 5) is 27.8. The molecule has 1 aliphatic rings. The molecule has 1 aromatic heterocycles. The summed E-state index contributed by atoms with van der Waals surface area (Å²) >= 11 is 0. The Labute approximate surface area is 124 Å². The van der Waals surface area contributed by atoms with Crippen molar-refractivity contribution in [1.29, 1.82) is 0 Å². The van der Waals surface area contributed by atoms with Crippen molar-refractivity contribution in [3.63, 3.8) is 0 Å². The second-order valence-electron chi connectivity index (χ2n) is 5.59. The maximum atomic E-state index is 12.6. The number of carbonyl (C=O) groups is 2. The first kappa shape index (κ1) is 15.6. The van der Waals surface area contributed by atoms with Gasteiger partial charge in [-0.05, 0) is 38.6 Å². The Morgan fingerprint density at radius 1 is 1.38 bits per heavy atom. The zero-order chi connectivity index (χ0) is 15.4. The van der Waals surface area contributed by atoms with Crippen molar-refractivity contribution in [2.75, 3.05) is 26.7 Å². The molecule has 1 aromatic rings. The topological polar surface area (TPSA) is 65.8 Å². The summed E-state index contributed by atoms with van der Waals surface area (Å²) in [5.41, 5.74) is 0.156. The fraction of sp³-hybridized carbons (Fsp3) is 0.600. The minimum absolute atomic E-state index is 0.00384. The second-order valence-corrected chi connectivity index (χ2v) is 5.59. The number of nitrogens with zero attached hydrogens (tertiary/aromatic N) is 3. The summed E-state index contributed by atoms with van der Waals surface area (Å²) in [7, 11) is 2.07. The lowest BCUT2D eigenvalue weighted by molar-refractivity contribution is -0.134. The minimum atomic E-state index is -1.00. The molecule has 0 radical (unpaired) electrons. The number of hydrogen-bond donors (Lipinski definition) is 1. The normalized spacial score (nSPS) is 20.3. The Morgan fingerprint density at radius 3 is 2.81 bits per heavy atom. The van der Waals surface area contributed by atoms with Gasteiger partial charge in [0, 0.05) is 25.3 Å². The van der Waals surface area contributed by atoms with E-state index in [1.54, 1.807) is 12.3 Å². The molecule has 0 saturated carbocycles. The fourth-order valence-corrected chi connectivity index (χ4v) is 2.90. The van der Waals surface area contributed by atoms with Crippen molar-refractivity contribution >= 4 is 11.9 Å². The maximum Gasteiger partial charge on any atom is 0.352 e. The van der Waals surface area contributed by atoms with Gasteiger partial charge in [0.1, 0.15) is 12.2 Å². The largest absolute Gasteiger partial charge is 0.477 e. The second kappa shape index (κ2) is 6.76. The van der Waals surface area contributed by atoms with Crippen LogP contribution in [0.1, 0.15) is 30.3 Å². The Bertz CT molecular complexity index is 512. The number of aromatic carboxylic acids is 1. The summed E-state index contributed by atoms with van der Waals surface area (Å²) in [6, 6.07) is 3.38. The van der Waals surface area contributed by atoms with Gasteiger partial charge in [-0.1, -0.05) is 6.92 Å². The zero-order valence-corrected chi connectivity index (χ0v) is 12.7. The molecule has 0 aliphatic carbocycles. The molecular formula is C15H23N3O3. The summed E-state index contributed by atoms with van der Waals surface area (Å²) in [5, 5.41) is 9.10. The van der Waals surface area contributed by atoms with E-state index >= 15 is 0 Å². The Kier molecular flexibility index (Phi) is 5.01. The van der Waals surface area contributed by atoms with Crippen LogP contribution in [-0.4, -0.2) is 64.1 Å². The van der Waals surface area contributed by atoms with Crippen LogP contribution in [0, 0.1) is 0 Å². The van der Waals surface area contributed by atoms with Gasteiger partial charge in [-0.2, -0.15) is 0 Å². The SMILES string of the molecule is CCC1CN(C)CCCN1C(=O)Cn1cccc1C(=O)O. The molecular weight excluding hydrogens is 270 g/mol. The zero-order valence-electron chi connectivity index (χ0n) is 12.7. The molecule has 1 atom stereocenters. The predicted octanol–water partition coefficient (Wildman–Crippen LogP) is 1.13. The number of amides is 1. The van der Waals surface area contributed by atoms with E-state index in [1.807, 2.05) is 4.90 Å². The molecule has 0 bridgehead atoms. The molecule has 1 N–H and O–H groups in total. The van der Waals surface area contributed by atoms with E-state index < -0.39 is 5.97 Å². The van der Waals surface area contributed by atoms with Crippen molar-refractivity contribution in [1.82, 2.24) is 14.4 Å². The molecule has 1 amide bonds. The molecule has 1 saturated heterocycles. The van der Waals surface area contributed by atoms with Crippen molar-refractivity contribution in [3.05, 3.63) is 24.0 Å². The quantitative estimate of drug-likeness (QED) is 0.904. The fourth-order valence-electron chi connectivity index (χ4n) is 2.90. The van der Waals surface area contributed by atoms with Gasteiger partial charge in [0.05, 0.1) is 0 Å². The summed E-state index contributed by atoms with van der Waals surface area (Å²) in [6.45, 7) is 4.78. The van der Waals surface area contributed by atoms with Crippen LogP contribution < -0.4 is 0 Å². The lowest BCUT2D eigenvalue weighted by Gasteiger charge is -2.30. The molecule has 0 spiro atoms. The van der Waals surface area contributed by atoms with Crippen molar-refractivity contribution in [2.45, 2.75) is 32.4 Å². The average Bonchev–Trinajstić information content (AvgIpc) is 2.80. The van der Waals surface area contributed by atoms with Crippen LogP contribution in [0.2, 0.25) is 0 Å². The van der Waals surface area contributed by atoms with Crippen LogP contribution >= 0.6 is 0 Å². The highest BCUT2D eigenvalue weighted by Gasteiger charge is 2.26. The van der Waals surface area contributed by atoms with Crippen LogP contribution in [0.15, 0.2) is 18.3 Å². The van der Waals surface area contributed by atoms with Crippen molar-refractivity contribution in [3.8, 4) is 0 Å². The van der Waals surface area contributed by atoms with Gasteiger partial charge in [0.15, 0.2) is 0 Å². The van der Waals surface area contributed by atoms with Crippen LogP contribution in [-0.2, 0) is 11.3 Å². The molecule has 2 rings (SSSR count). The number of carbonyl (C=O) groups excluding carboxylic acids is 1. The summed E-state index contributed by atoms with van der Waals surface area (Å²) < 4.78 is 1.51. The Balaban J connectivity index is 2.10. The van der Waals surface area contributed by atoms with E-state index in [0.29, 0.717) is 0 Å². The Morgan fingerprint density at radius 2 is 2.14 bits per heavy atom. The smallest absolute Gasteiger partial charge is 0.352 e. The molecule has 2 heterocycles. The first-order valence-corrected chi connectivity index (χ1v) is 7.39. The number of aromatic nitrogens is 1. The summed E-state index contributed by atoms with van der Waals surface area (Å²) in [5.74, 6) is -1.01. The number of carboxylic acid groups (broad SMARTS) is 1. The number of rotatable bonds is 4. The minimum Gasteiger partial charge on any atom is -0.477 e. The highest BCUT2D eigenvalue weighted by Crippen LogP contribution is 2.13. The van der Waals surface area contributed by atoms with Gasteiger partial charge in [-0.15, -0.1) is 0 Å². The molecule has 6 heteroatoms. The third kappa shape index (κ3) is 3.64. The highest BCUT2D eigenvalue weighted by molar-refractivity contribution is 5.87. The van der Waals surface area contributed by atoms with E-state index in [0.717, 1.165) is 32.5 Å². The number of hydrogen-bond acceptors (Lipinski definition) is 3. The van der Waals surface area contributed by atoms with Crippen LogP contribution in [0.4, 0.5) is 0 Å². The van der Waals surface area contributed by atoms with E-state index in [9.17, 15) is 9.59 Å². The van der Waals surface area contributed by atoms with E-state index in [1.165, 1.54) is 10.6 Å². The predicted molar refractivity (Wildman–Crippen MR) is 79.3 cm³/mol. The van der Waals surface area contributed by atoms with Crippen LogP contribution in [0.5, 0.6) is 0 Å². The highest BCUT2D eigenvalue weighted by atomic mass is 16.4. The molecule has 116 valence electrons.